The first kappa shape index (κ1) is 18.7. The Morgan fingerprint density at radius 2 is 1.96 bits per heavy atom. The van der Waals surface area contributed by atoms with Gasteiger partial charge in [-0.3, -0.25) is 0 Å². The zero-order valence-corrected chi connectivity index (χ0v) is 16.2. The topological polar surface area (TPSA) is 38.3 Å². The summed E-state index contributed by atoms with van der Waals surface area (Å²) in [6.07, 6.45) is 6.95. The van der Waals surface area contributed by atoms with Gasteiger partial charge in [-0.1, -0.05) is 60.7 Å². The number of nitrogens with one attached hydrogen (secondary N) is 1. The fourth-order valence-corrected chi connectivity index (χ4v) is 3.92. The maximum absolute atomic E-state index is 12.2. The lowest BCUT2D eigenvalue weighted by atomic mass is 9.77. The number of carbonyl (C=O) groups excluding carboxylic acids is 1. The standard InChI is InChI=1S/C18H26BrNO2S/c1-2-3-13-22-17(21)20-18(11-5-4-6-12-18)16(23)14-7-9-15(19)10-8-14/h7-10,16,23H,2-6,11-13H2,1H3,(H,20,21). The molecule has 0 bridgehead atoms. The van der Waals surface area contributed by atoms with Gasteiger partial charge in [0.1, 0.15) is 0 Å². The summed E-state index contributed by atoms with van der Waals surface area (Å²) in [5, 5.41) is 3.12. The zero-order valence-electron chi connectivity index (χ0n) is 13.7. The Labute approximate surface area is 153 Å². The van der Waals surface area contributed by atoms with Crippen molar-refractivity contribution in [2.24, 2.45) is 0 Å². The van der Waals surface area contributed by atoms with Crippen LogP contribution in [0.5, 0.6) is 0 Å². The Balaban J connectivity index is 2.11. The lowest BCUT2D eigenvalue weighted by molar-refractivity contribution is 0.121. The third kappa shape index (κ3) is 5.15. The van der Waals surface area contributed by atoms with E-state index < -0.39 is 0 Å². The van der Waals surface area contributed by atoms with E-state index in [1.54, 1.807) is 0 Å². The molecular weight excluding hydrogens is 374 g/mol. The van der Waals surface area contributed by atoms with E-state index in [1.165, 1.54) is 6.42 Å². The number of hydrogen-bond donors (Lipinski definition) is 2. The lowest BCUT2D eigenvalue weighted by Crippen LogP contribution is -2.52. The Kier molecular flexibility index (Phi) is 7.28. The number of thiol groups is 1. The average Bonchev–Trinajstić information content (AvgIpc) is 2.56. The number of hydrogen-bond acceptors (Lipinski definition) is 3. The van der Waals surface area contributed by atoms with E-state index >= 15 is 0 Å². The molecule has 1 fully saturated rings. The minimum Gasteiger partial charge on any atom is -0.450 e. The van der Waals surface area contributed by atoms with Crippen LogP contribution in [0.25, 0.3) is 0 Å². The molecule has 1 amide bonds. The SMILES string of the molecule is CCCCOC(=O)NC1(C(S)c2ccc(Br)cc2)CCCCC1. The van der Waals surface area contributed by atoms with Crippen LogP contribution >= 0.6 is 28.6 Å². The fraction of sp³-hybridized carbons (Fsp3) is 0.611. The van der Waals surface area contributed by atoms with E-state index in [9.17, 15) is 4.79 Å². The van der Waals surface area contributed by atoms with Crippen LogP contribution in [0, 0.1) is 0 Å². The molecule has 1 aromatic carbocycles. The molecule has 1 aliphatic rings. The van der Waals surface area contributed by atoms with Crippen molar-refractivity contribution >= 4 is 34.7 Å². The maximum Gasteiger partial charge on any atom is 0.407 e. The van der Waals surface area contributed by atoms with Crippen LogP contribution in [0.1, 0.15) is 62.7 Å². The van der Waals surface area contributed by atoms with E-state index in [2.05, 4.69) is 40.3 Å². The van der Waals surface area contributed by atoms with Crippen LogP contribution in [0.2, 0.25) is 0 Å². The number of rotatable bonds is 6. The quantitative estimate of drug-likeness (QED) is 0.478. The first-order valence-corrected chi connectivity index (χ1v) is 9.77. The van der Waals surface area contributed by atoms with Crippen molar-refractivity contribution in [2.75, 3.05) is 6.61 Å². The molecule has 1 aliphatic carbocycles. The van der Waals surface area contributed by atoms with E-state index in [0.717, 1.165) is 48.6 Å². The third-order valence-electron chi connectivity index (χ3n) is 4.54. The molecule has 0 heterocycles. The van der Waals surface area contributed by atoms with Crippen LogP contribution in [-0.2, 0) is 4.74 Å². The molecule has 0 spiro atoms. The molecule has 0 aliphatic heterocycles. The minimum atomic E-state index is -0.321. The fourth-order valence-electron chi connectivity index (χ4n) is 3.16. The summed E-state index contributed by atoms with van der Waals surface area (Å²) in [7, 11) is 0. The highest BCUT2D eigenvalue weighted by Crippen LogP contribution is 2.42. The highest BCUT2D eigenvalue weighted by molar-refractivity contribution is 9.10. The van der Waals surface area contributed by atoms with Crippen LogP contribution < -0.4 is 5.32 Å². The maximum atomic E-state index is 12.2. The molecule has 23 heavy (non-hydrogen) atoms. The monoisotopic (exact) mass is 399 g/mol. The normalized spacial score (nSPS) is 18.2. The number of ether oxygens (including phenoxy) is 1. The molecule has 1 atom stereocenters. The number of amides is 1. The summed E-state index contributed by atoms with van der Waals surface area (Å²) >= 11 is 8.35. The van der Waals surface area contributed by atoms with Gasteiger partial charge in [0, 0.05) is 9.72 Å². The second kappa shape index (κ2) is 8.97. The summed E-state index contributed by atoms with van der Waals surface area (Å²) in [4.78, 5) is 12.2. The molecule has 0 radical (unpaired) electrons. The molecule has 128 valence electrons. The molecule has 2 rings (SSSR count). The van der Waals surface area contributed by atoms with Gasteiger partial charge in [0.15, 0.2) is 0 Å². The molecule has 1 saturated carbocycles. The van der Waals surface area contributed by atoms with Gasteiger partial charge in [0.2, 0.25) is 0 Å². The van der Waals surface area contributed by atoms with E-state index in [1.807, 2.05) is 12.1 Å². The summed E-state index contributed by atoms with van der Waals surface area (Å²) < 4.78 is 6.37. The summed E-state index contributed by atoms with van der Waals surface area (Å²) in [5.74, 6) is 0. The number of halogens is 1. The Hall–Kier alpha value is -0.680. The van der Waals surface area contributed by atoms with Crippen molar-refractivity contribution in [1.82, 2.24) is 5.32 Å². The molecule has 5 heteroatoms. The van der Waals surface area contributed by atoms with Gasteiger partial charge in [-0.2, -0.15) is 12.6 Å². The average molecular weight is 400 g/mol. The van der Waals surface area contributed by atoms with Gasteiger partial charge >= 0.3 is 6.09 Å². The van der Waals surface area contributed by atoms with Crippen LogP contribution in [-0.4, -0.2) is 18.2 Å². The highest BCUT2D eigenvalue weighted by atomic mass is 79.9. The molecular formula is C18H26BrNO2S. The molecule has 1 aromatic rings. The van der Waals surface area contributed by atoms with Crippen LogP contribution in [0.4, 0.5) is 4.79 Å². The lowest BCUT2D eigenvalue weighted by Gasteiger charge is -2.42. The molecule has 1 N–H and O–H groups in total. The summed E-state index contributed by atoms with van der Waals surface area (Å²) in [6.45, 7) is 2.56. The van der Waals surface area contributed by atoms with Crippen molar-refractivity contribution in [2.45, 2.75) is 62.7 Å². The number of alkyl carbamates (subject to hydrolysis) is 1. The second-order valence-corrected chi connectivity index (χ2v) is 7.72. The predicted molar refractivity (Wildman–Crippen MR) is 101 cm³/mol. The highest BCUT2D eigenvalue weighted by Gasteiger charge is 2.40. The van der Waals surface area contributed by atoms with Crippen molar-refractivity contribution in [1.29, 1.82) is 0 Å². The number of carbonyl (C=O) groups is 1. The predicted octanol–water partition coefficient (Wildman–Crippen LogP) is 5.65. The van der Waals surface area contributed by atoms with Gasteiger partial charge in [0.25, 0.3) is 0 Å². The minimum absolute atomic E-state index is 0.0328. The first-order chi connectivity index (χ1) is 11.1. The third-order valence-corrected chi connectivity index (χ3v) is 5.86. The van der Waals surface area contributed by atoms with Crippen LogP contribution in [0.3, 0.4) is 0 Å². The van der Waals surface area contributed by atoms with Crippen molar-refractivity contribution in [3.05, 3.63) is 34.3 Å². The van der Waals surface area contributed by atoms with E-state index in [4.69, 9.17) is 17.4 Å². The van der Waals surface area contributed by atoms with Gasteiger partial charge in [-0.15, -0.1) is 0 Å². The van der Waals surface area contributed by atoms with Gasteiger partial charge < -0.3 is 10.1 Å². The van der Waals surface area contributed by atoms with Crippen molar-refractivity contribution < 1.29 is 9.53 Å². The molecule has 3 nitrogen and oxygen atoms in total. The molecule has 0 aromatic heterocycles. The van der Waals surface area contributed by atoms with Gasteiger partial charge in [-0.25, -0.2) is 4.79 Å². The van der Waals surface area contributed by atoms with Gasteiger partial charge in [-0.05, 0) is 37.0 Å². The number of benzene rings is 1. The van der Waals surface area contributed by atoms with Crippen LogP contribution in [0.15, 0.2) is 28.7 Å². The molecule has 1 unspecified atom stereocenters. The summed E-state index contributed by atoms with van der Waals surface area (Å²) in [6, 6.07) is 8.19. The largest absolute Gasteiger partial charge is 0.450 e. The van der Waals surface area contributed by atoms with Crippen molar-refractivity contribution in [3.8, 4) is 0 Å². The van der Waals surface area contributed by atoms with E-state index in [-0.39, 0.29) is 16.9 Å². The Bertz CT molecular complexity index is 500. The first-order valence-electron chi connectivity index (χ1n) is 8.46. The van der Waals surface area contributed by atoms with Gasteiger partial charge in [0.05, 0.1) is 12.1 Å². The summed E-state index contributed by atoms with van der Waals surface area (Å²) in [5.41, 5.74) is 0.811. The number of unbranched alkanes of at least 4 members (excludes halogenated alkanes) is 1. The van der Waals surface area contributed by atoms with E-state index in [0.29, 0.717) is 6.61 Å². The smallest absolute Gasteiger partial charge is 0.407 e. The Morgan fingerprint density at radius 1 is 1.30 bits per heavy atom. The second-order valence-electron chi connectivity index (χ2n) is 6.29. The Morgan fingerprint density at radius 3 is 2.57 bits per heavy atom. The molecule has 0 saturated heterocycles. The van der Waals surface area contributed by atoms with Crippen molar-refractivity contribution in [3.63, 3.8) is 0 Å². The zero-order chi connectivity index (χ0) is 16.7.